The van der Waals surface area contributed by atoms with Gasteiger partial charge in [-0.1, -0.05) is 0 Å². The molecule has 0 radical (unpaired) electrons. The number of hydrogen-bond donors (Lipinski definition) is 1. The minimum Gasteiger partial charge on any atom is -0.465 e. The Morgan fingerprint density at radius 2 is 2.08 bits per heavy atom. The maximum absolute atomic E-state index is 10.4. The molecule has 0 aromatic carbocycles. The van der Waals surface area contributed by atoms with Crippen LogP contribution in [0.1, 0.15) is 12.8 Å². The van der Waals surface area contributed by atoms with Crippen LogP contribution in [-0.2, 0) is 4.79 Å². The molecular formula is C7H10N2O3. The van der Waals surface area contributed by atoms with Crippen molar-refractivity contribution in [1.29, 1.82) is 0 Å². The standard InChI is InChI=1S/C7H10N2O3/c10-5-8-6-1-3-9(4-2-6)7(11)12/h6H,1-4H2,(H,11,12). The van der Waals surface area contributed by atoms with Crippen molar-refractivity contribution < 1.29 is 14.7 Å². The first kappa shape index (κ1) is 8.74. The molecule has 0 spiro atoms. The van der Waals surface area contributed by atoms with Crippen molar-refractivity contribution in [1.82, 2.24) is 4.90 Å². The molecule has 1 saturated heterocycles. The zero-order chi connectivity index (χ0) is 8.97. The predicted molar refractivity (Wildman–Crippen MR) is 40.7 cm³/mol. The van der Waals surface area contributed by atoms with Crippen molar-refractivity contribution in [3.05, 3.63) is 0 Å². The Balaban J connectivity index is 2.39. The van der Waals surface area contributed by atoms with Crippen LogP contribution in [-0.4, -0.2) is 41.3 Å². The topological polar surface area (TPSA) is 70.0 Å². The maximum Gasteiger partial charge on any atom is 0.407 e. The lowest BCUT2D eigenvalue weighted by molar-refractivity contribution is 0.132. The summed E-state index contributed by atoms with van der Waals surface area (Å²) in [6.45, 7) is 0.927. The van der Waals surface area contributed by atoms with E-state index >= 15 is 0 Å². The normalized spacial score (nSPS) is 18.5. The maximum atomic E-state index is 10.4. The van der Waals surface area contributed by atoms with Gasteiger partial charge in [-0.3, -0.25) is 0 Å². The molecule has 0 aromatic rings. The second-order valence-corrected chi connectivity index (χ2v) is 2.72. The van der Waals surface area contributed by atoms with E-state index < -0.39 is 6.09 Å². The molecule has 0 saturated carbocycles. The van der Waals surface area contributed by atoms with Crippen LogP contribution in [0.2, 0.25) is 0 Å². The smallest absolute Gasteiger partial charge is 0.407 e. The predicted octanol–water partition coefficient (Wildman–Crippen LogP) is 0.465. The van der Waals surface area contributed by atoms with Crippen molar-refractivity contribution >= 4 is 12.2 Å². The Bertz CT molecular complexity index is 205. The highest BCUT2D eigenvalue weighted by Crippen LogP contribution is 2.12. The van der Waals surface area contributed by atoms with Crippen LogP contribution in [0.3, 0.4) is 0 Å². The van der Waals surface area contributed by atoms with Gasteiger partial charge in [-0.25, -0.2) is 14.6 Å². The van der Waals surface area contributed by atoms with Gasteiger partial charge in [-0.2, -0.15) is 0 Å². The number of amides is 1. The van der Waals surface area contributed by atoms with Crippen molar-refractivity contribution in [3.63, 3.8) is 0 Å². The number of hydrogen-bond acceptors (Lipinski definition) is 3. The lowest BCUT2D eigenvalue weighted by Crippen LogP contribution is -2.38. The third-order valence-corrected chi connectivity index (χ3v) is 1.97. The number of rotatable bonds is 1. The summed E-state index contributed by atoms with van der Waals surface area (Å²) < 4.78 is 0. The molecule has 1 fully saturated rings. The largest absolute Gasteiger partial charge is 0.465 e. The van der Waals surface area contributed by atoms with Crippen LogP contribution in [0.4, 0.5) is 4.79 Å². The average Bonchev–Trinajstić information content (AvgIpc) is 2.06. The van der Waals surface area contributed by atoms with E-state index in [-0.39, 0.29) is 6.04 Å². The summed E-state index contributed by atoms with van der Waals surface area (Å²) in [4.78, 5) is 25.2. The number of likely N-dealkylation sites (tertiary alicyclic amines) is 1. The number of carbonyl (C=O) groups is 1. The molecule has 5 nitrogen and oxygen atoms in total. The fraction of sp³-hybridized carbons (Fsp3) is 0.714. The molecule has 66 valence electrons. The summed E-state index contributed by atoms with van der Waals surface area (Å²) in [6, 6.07) is -0.0295. The Labute approximate surface area is 69.7 Å². The zero-order valence-corrected chi connectivity index (χ0v) is 6.56. The molecule has 5 heteroatoms. The van der Waals surface area contributed by atoms with Crippen LogP contribution < -0.4 is 0 Å². The van der Waals surface area contributed by atoms with E-state index in [2.05, 4.69) is 4.99 Å². The summed E-state index contributed by atoms with van der Waals surface area (Å²) in [7, 11) is 0. The first-order valence-corrected chi connectivity index (χ1v) is 3.79. The van der Waals surface area contributed by atoms with Gasteiger partial charge in [0.05, 0.1) is 6.04 Å². The molecule has 1 amide bonds. The Kier molecular flexibility index (Phi) is 2.82. The number of nitrogens with zero attached hydrogens (tertiary/aromatic N) is 2. The molecule has 1 rings (SSSR count). The SMILES string of the molecule is O=C=NC1CCN(C(=O)O)CC1. The van der Waals surface area contributed by atoms with Gasteiger partial charge < -0.3 is 10.0 Å². The lowest BCUT2D eigenvalue weighted by atomic mass is 10.1. The zero-order valence-electron chi connectivity index (χ0n) is 6.56. The van der Waals surface area contributed by atoms with Gasteiger partial charge in [0.15, 0.2) is 0 Å². The van der Waals surface area contributed by atoms with Crippen LogP contribution in [0, 0.1) is 0 Å². The van der Waals surface area contributed by atoms with E-state index in [0.717, 1.165) is 0 Å². The van der Waals surface area contributed by atoms with E-state index in [1.54, 1.807) is 0 Å². The van der Waals surface area contributed by atoms with Crippen molar-refractivity contribution in [2.75, 3.05) is 13.1 Å². The summed E-state index contributed by atoms with van der Waals surface area (Å²) >= 11 is 0. The number of piperidine rings is 1. The average molecular weight is 170 g/mol. The van der Waals surface area contributed by atoms with Crippen molar-refractivity contribution in [2.24, 2.45) is 4.99 Å². The van der Waals surface area contributed by atoms with Gasteiger partial charge in [0, 0.05) is 13.1 Å². The molecule has 1 heterocycles. The van der Waals surface area contributed by atoms with Gasteiger partial charge >= 0.3 is 6.09 Å². The summed E-state index contributed by atoms with van der Waals surface area (Å²) in [5.74, 6) is 0. The highest BCUT2D eigenvalue weighted by molar-refractivity contribution is 5.65. The molecular weight excluding hydrogens is 160 g/mol. The lowest BCUT2D eigenvalue weighted by Gasteiger charge is -2.26. The van der Waals surface area contributed by atoms with Gasteiger partial charge in [-0.05, 0) is 12.8 Å². The quantitative estimate of drug-likeness (QED) is 0.459. The Hall–Kier alpha value is -1.35. The van der Waals surface area contributed by atoms with Gasteiger partial charge in [0.25, 0.3) is 0 Å². The second-order valence-electron chi connectivity index (χ2n) is 2.72. The fourth-order valence-corrected chi connectivity index (χ4v) is 1.26. The van der Waals surface area contributed by atoms with Gasteiger partial charge in [-0.15, -0.1) is 0 Å². The monoisotopic (exact) mass is 170 g/mol. The first-order valence-electron chi connectivity index (χ1n) is 3.79. The van der Waals surface area contributed by atoms with Crippen LogP contribution in [0.5, 0.6) is 0 Å². The highest BCUT2D eigenvalue weighted by Gasteiger charge is 2.21. The van der Waals surface area contributed by atoms with Crippen LogP contribution in [0.25, 0.3) is 0 Å². The molecule has 12 heavy (non-hydrogen) atoms. The molecule has 0 aromatic heterocycles. The summed E-state index contributed by atoms with van der Waals surface area (Å²) in [6.07, 6.45) is 1.84. The third-order valence-electron chi connectivity index (χ3n) is 1.97. The molecule has 0 unspecified atom stereocenters. The third kappa shape index (κ3) is 2.07. The van der Waals surface area contributed by atoms with E-state index in [0.29, 0.717) is 25.9 Å². The first-order chi connectivity index (χ1) is 5.74. The molecule has 0 bridgehead atoms. The van der Waals surface area contributed by atoms with E-state index in [4.69, 9.17) is 5.11 Å². The summed E-state index contributed by atoms with van der Waals surface area (Å²) in [5, 5.41) is 8.57. The molecule has 0 aliphatic carbocycles. The molecule has 1 aliphatic rings. The minimum absolute atomic E-state index is 0.0295. The van der Waals surface area contributed by atoms with Gasteiger partial charge in [0.2, 0.25) is 6.08 Å². The van der Waals surface area contributed by atoms with E-state index in [1.807, 2.05) is 0 Å². The van der Waals surface area contributed by atoms with E-state index in [9.17, 15) is 9.59 Å². The molecule has 0 atom stereocenters. The van der Waals surface area contributed by atoms with Crippen LogP contribution >= 0.6 is 0 Å². The summed E-state index contributed by atoms with van der Waals surface area (Å²) in [5.41, 5.74) is 0. The Morgan fingerprint density at radius 3 is 2.50 bits per heavy atom. The van der Waals surface area contributed by atoms with E-state index in [1.165, 1.54) is 11.0 Å². The number of carbonyl (C=O) groups excluding carboxylic acids is 1. The number of aliphatic imine (C=N–C) groups is 1. The fourth-order valence-electron chi connectivity index (χ4n) is 1.26. The van der Waals surface area contributed by atoms with Crippen molar-refractivity contribution in [2.45, 2.75) is 18.9 Å². The van der Waals surface area contributed by atoms with Gasteiger partial charge in [0.1, 0.15) is 0 Å². The molecule has 1 N–H and O–H groups in total. The Morgan fingerprint density at radius 1 is 1.50 bits per heavy atom. The number of isocyanates is 1. The van der Waals surface area contributed by atoms with Crippen LogP contribution in [0.15, 0.2) is 4.99 Å². The number of carboxylic acid groups (broad SMARTS) is 1. The highest BCUT2D eigenvalue weighted by atomic mass is 16.4. The minimum atomic E-state index is -0.900. The van der Waals surface area contributed by atoms with Crippen molar-refractivity contribution in [3.8, 4) is 0 Å². The molecule has 1 aliphatic heterocycles. The second kappa shape index (κ2) is 3.88.